The molecule has 0 aliphatic heterocycles. The van der Waals surface area contributed by atoms with Crippen molar-refractivity contribution in [2.24, 2.45) is 11.7 Å². The summed E-state index contributed by atoms with van der Waals surface area (Å²) in [5, 5.41) is 0. The topological polar surface area (TPSA) is 26.0 Å². The van der Waals surface area contributed by atoms with Gasteiger partial charge in [-0.15, -0.1) is 11.3 Å². The maximum absolute atomic E-state index is 6.34. The van der Waals surface area contributed by atoms with Crippen molar-refractivity contribution in [3.05, 3.63) is 21.9 Å². The van der Waals surface area contributed by atoms with E-state index < -0.39 is 0 Å². The molecule has 0 bridgehead atoms. The molecule has 0 spiro atoms. The highest BCUT2D eigenvalue weighted by molar-refractivity contribution is 7.12. The second-order valence-corrected chi connectivity index (χ2v) is 7.90. The highest BCUT2D eigenvalue weighted by Crippen LogP contribution is 2.35. The number of rotatable bonds is 4. The highest BCUT2D eigenvalue weighted by atomic mass is 32.1. The van der Waals surface area contributed by atoms with Crippen LogP contribution in [0.1, 0.15) is 75.1 Å². The number of hydrogen-bond donors (Lipinski definition) is 1. The number of nitrogens with two attached hydrogens (primary N) is 1. The van der Waals surface area contributed by atoms with Gasteiger partial charge in [-0.25, -0.2) is 0 Å². The monoisotopic (exact) mass is 265 g/mol. The highest BCUT2D eigenvalue weighted by Gasteiger charge is 2.20. The maximum Gasteiger partial charge on any atom is 0.0389 e. The summed E-state index contributed by atoms with van der Waals surface area (Å²) in [5.74, 6) is 0.957. The van der Waals surface area contributed by atoms with Crippen LogP contribution in [0.2, 0.25) is 0 Å². The largest absolute Gasteiger partial charge is 0.323 e. The van der Waals surface area contributed by atoms with Crippen LogP contribution in [0, 0.1) is 5.92 Å². The molecule has 1 saturated carbocycles. The van der Waals surface area contributed by atoms with Gasteiger partial charge in [0.15, 0.2) is 0 Å². The lowest BCUT2D eigenvalue weighted by molar-refractivity contribution is 0.456. The van der Waals surface area contributed by atoms with Crippen LogP contribution in [0.15, 0.2) is 12.1 Å². The third kappa shape index (κ3) is 3.58. The first-order valence-electron chi connectivity index (χ1n) is 7.32. The summed E-state index contributed by atoms with van der Waals surface area (Å²) in [7, 11) is 0. The molecular weight excluding hydrogens is 238 g/mol. The van der Waals surface area contributed by atoms with Gasteiger partial charge in [-0.2, -0.15) is 0 Å². The van der Waals surface area contributed by atoms with Crippen molar-refractivity contribution in [3.8, 4) is 0 Å². The Balaban J connectivity index is 1.88. The molecule has 1 aromatic heterocycles. The Labute approximate surface area is 116 Å². The molecule has 1 atom stereocenters. The summed E-state index contributed by atoms with van der Waals surface area (Å²) in [6, 6.07) is 4.76. The van der Waals surface area contributed by atoms with Crippen molar-refractivity contribution in [1.82, 2.24) is 0 Å². The molecule has 1 fully saturated rings. The third-order valence-corrected chi connectivity index (χ3v) is 5.73. The number of hydrogen-bond acceptors (Lipinski definition) is 2. The predicted octanol–water partition coefficient (Wildman–Crippen LogP) is 5.02. The second kappa shape index (κ2) is 5.75. The van der Waals surface area contributed by atoms with E-state index in [1.165, 1.54) is 41.9 Å². The Kier molecular flexibility index (Phi) is 4.50. The minimum absolute atomic E-state index is 0.256. The van der Waals surface area contributed by atoms with Gasteiger partial charge < -0.3 is 5.73 Å². The van der Waals surface area contributed by atoms with Crippen molar-refractivity contribution >= 4 is 11.3 Å². The lowest BCUT2D eigenvalue weighted by Gasteiger charge is -2.16. The van der Waals surface area contributed by atoms with Crippen molar-refractivity contribution < 1.29 is 0 Å². The van der Waals surface area contributed by atoms with Crippen LogP contribution in [0.25, 0.3) is 0 Å². The molecule has 1 nitrogen and oxygen atoms in total. The van der Waals surface area contributed by atoms with E-state index in [0.717, 1.165) is 12.3 Å². The summed E-state index contributed by atoms with van der Waals surface area (Å²) in [6.45, 7) is 6.81. The van der Waals surface area contributed by atoms with E-state index in [-0.39, 0.29) is 11.5 Å². The van der Waals surface area contributed by atoms with Gasteiger partial charge in [-0.3, -0.25) is 0 Å². The molecule has 0 amide bonds. The average molecular weight is 265 g/mol. The summed E-state index contributed by atoms with van der Waals surface area (Å²) in [4.78, 5) is 2.83. The fourth-order valence-electron chi connectivity index (χ4n) is 2.81. The van der Waals surface area contributed by atoms with Crippen LogP contribution < -0.4 is 5.73 Å². The van der Waals surface area contributed by atoms with Crippen molar-refractivity contribution in [3.63, 3.8) is 0 Å². The molecule has 1 aliphatic rings. The van der Waals surface area contributed by atoms with Gasteiger partial charge in [0, 0.05) is 15.8 Å². The van der Waals surface area contributed by atoms with Gasteiger partial charge in [0.1, 0.15) is 0 Å². The second-order valence-electron chi connectivity index (χ2n) is 6.79. The Morgan fingerprint density at radius 2 is 1.94 bits per heavy atom. The Morgan fingerprint density at radius 3 is 2.50 bits per heavy atom. The Morgan fingerprint density at radius 1 is 1.28 bits per heavy atom. The lowest BCUT2D eigenvalue weighted by Crippen LogP contribution is -2.10. The van der Waals surface area contributed by atoms with E-state index in [1.54, 1.807) is 0 Å². The fraction of sp³-hybridized carbons (Fsp3) is 0.750. The standard InChI is InChI=1S/C16H27NS/c1-16(2,3)15-11-10-14(18-15)13(17)9-8-12-6-4-5-7-12/h10-13H,4-9,17H2,1-3H3. The van der Waals surface area contributed by atoms with E-state index in [2.05, 4.69) is 32.9 Å². The molecule has 1 aromatic rings. The van der Waals surface area contributed by atoms with Gasteiger partial charge in [0.2, 0.25) is 0 Å². The Bertz CT molecular complexity index is 369. The van der Waals surface area contributed by atoms with Gasteiger partial charge in [0.25, 0.3) is 0 Å². The molecule has 0 radical (unpaired) electrons. The van der Waals surface area contributed by atoms with Gasteiger partial charge in [-0.1, -0.05) is 46.5 Å². The first kappa shape index (κ1) is 14.1. The number of thiophene rings is 1. The molecule has 1 heterocycles. The van der Waals surface area contributed by atoms with E-state index >= 15 is 0 Å². The normalized spacial score (nSPS) is 19.3. The van der Waals surface area contributed by atoms with Crippen LogP contribution in [0.4, 0.5) is 0 Å². The zero-order valence-corrected chi connectivity index (χ0v) is 12.9. The summed E-state index contributed by atoms with van der Waals surface area (Å²) < 4.78 is 0. The molecule has 102 valence electrons. The third-order valence-electron chi connectivity index (χ3n) is 4.09. The minimum atomic E-state index is 0.256. The molecule has 1 unspecified atom stereocenters. The lowest BCUT2D eigenvalue weighted by atomic mass is 9.95. The van der Waals surface area contributed by atoms with E-state index in [4.69, 9.17) is 5.73 Å². The molecule has 2 rings (SSSR count). The molecule has 1 aliphatic carbocycles. The zero-order chi connectivity index (χ0) is 13.2. The average Bonchev–Trinajstić information content (AvgIpc) is 2.96. The van der Waals surface area contributed by atoms with Crippen molar-refractivity contribution in [2.45, 2.75) is 70.8 Å². The first-order valence-corrected chi connectivity index (χ1v) is 8.14. The van der Waals surface area contributed by atoms with Crippen LogP contribution in [0.5, 0.6) is 0 Å². The van der Waals surface area contributed by atoms with Crippen LogP contribution in [-0.2, 0) is 5.41 Å². The SMILES string of the molecule is CC(C)(C)c1ccc(C(N)CCC2CCCC2)s1. The van der Waals surface area contributed by atoms with Gasteiger partial charge in [-0.05, 0) is 36.3 Å². The zero-order valence-electron chi connectivity index (χ0n) is 12.0. The summed E-state index contributed by atoms with van der Waals surface area (Å²) in [5.41, 5.74) is 6.60. The molecular formula is C16H27NS. The van der Waals surface area contributed by atoms with Crippen molar-refractivity contribution in [1.29, 1.82) is 0 Å². The van der Waals surface area contributed by atoms with Gasteiger partial charge >= 0.3 is 0 Å². The van der Waals surface area contributed by atoms with E-state index in [0.29, 0.717) is 0 Å². The van der Waals surface area contributed by atoms with E-state index in [1.807, 2.05) is 11.3 Å². The summed E-state index contributed by atoms with van der Waals surface area (Å²) in [6.07, 6.45) is 8.23. The molecule has 2 N–H and O–H groups in total. The fourth-order valence-corrected chi connectivity index (χ4v) is 3.91. The molecule has 18 heavy (non-hydrogen) atoms. The molecule has 2 heteroatoms. The quantitative estimate of drug-likeness (QED) is 0.813. The Hall–Kier alpha value is -0.340. The predicted molar refractivity (Wildman–Crippen MR) is 81.1 cm³/mol. The van der Waals surface area contributed by atoms with E-state index in [9.17, 15) is 0 Å². The molecule has 0 saturated heterocycles. The summed E-state index contributed by atoms with van der Waals surface area (Å²) >= 11 is 1.91. The van der Waals surface area contributed by atoms with Crippen LogP contribution in [-0.4, -0.2) is 0 Å². The van der Waals surface area contributed by atoms with Crippen LogP contribution in [0.3, 0.4) is 0 Å². The first-order chi connectivity index (χ1) is 8.47. The van der Waals surface area contributed by atoms with Crippen LogP contribution >= 0.6 is 11.3 Å². The molecule has 0 aromatic carbocycles. The minimum Gasteiger partial charge on any atom is -0.323 e. The maximum atomic E-state index is 6.34. The van der Waals surface area contributed by atoms with Crippen molar-refractivity contribution in [2.75, 3.05) is 0 Å². The van der Waals surface area contributed by atoms with Gasteiger partial charge in [0.05, 0.1) is 0 Å². The smallest absolute Gasteiger partial charge is 0.0389 e.